The number of nitrogens with two attached hydrogens (primary N) is 1. The maximum atomic E-state index is 11.2. The molecule has 0 saturated carbocycles. The first-order valence-corrected chi connectivity index (χ1v) is 5.88. The number of benzene rings is 1. The summed E-state index contributed by atoms with van der Waals surface area (Å²) in [5, 5.41) is 2.75. The number of amides is 1. The van der Waals surface area contributed by atoms with Crippen LogP contribution in [0.2, 0.25) is 0 Å². The van der Waals surface area contributed by atoms with Gasteiger partial charge < -0.3 is 11.1 Å². The van der Waals surface area contributed by atoms with E-state index in [1.54, 1.807) is 0 Å². The van der Waals surface area contributed by atoms with Gasteiger partial charge in [0.15, 0.2) is 0 Å². The Bertz CT molecular complexity index is 352. The summed E-state index contributed by atoms with van der Waals surface area (Å²) in [7, 11) is 0. The van der Waals surface area contributed by atoms with E-state index in [2.05, 4.69) is 5.32 Å². The van der Waals surface area contributed by atoms with Crippen molar-refractivity contribution in [3.8, 4) is 0 Å². The Kier molecular flexibility index (Phi) is 4.49. The van der Waals surface area contributed by atoms with E-state index in [4.69, 9.17) is 5.73 Å². The van der Waals surface area contributed by atoms with Gasteiger partial charge in [0.2, 0.25) is 5.91 Å². The third kappa shape index (κ3) is 3.47. The van der Waals surface area contributed by atoms with E-state index >= 15 is 0 Å². The van der Waals surface area contributed by atoms with Gasteiger partial charge >= 0.3 is 0 Å². The van der Waals surface area contributed by atoms with Gasteiger partial charge in [-0.05, 0) is 25.5 Å². The SMILES string of the molecule is CCNC(=O)CSc1cccc(C)c1N. The highest BCUT2D eigenvalue weighted by Gasteiger charge is 2.05. The van der Waals surface area contributed by atoms with Crippen molar-refractivity contribution in [2.45, 2.75) is 18.7 Å². The summed E-state index contributed by atoms with van der Waals surface area (Å²) in [4.78, 5) is 12.2. The zero-order chi connectivity index (χ0) is 11.3. The summed E-state index contributed by atoms with van der Waals surface area (Å²) in [6, 6.07) is 5.85. The zero-order valence-electron chi connectivity index (χ0n) is 9.04. The summed E-state index contributed by atoms with van der Waals surface area (Å²) < 4.78 is 0. The van der Waals surface area contributed by atoms with Gasteiger partial charge in [-0.15, -0.1) is 11.8 Å². The van der Waals surface area contributed by atoms with Crippen LogP contribution in [0.25, 0.3) is 0 Å². The van der Waals surface area contributed by atoms with Crippen LogP contribution in [0.15, 0.2) is 23.1 Å². The average molecular weight is 224 g/mol. The largest absolute Gasteiger partial charge is 0.398 e. The Morgan fingerprint density at radius 3 is 2.93 bits per heavy atom. The van der Waals surface area contributed by atoms with E-state index in [1.165, 1.54) is 11.8 Å². The maximum absolute atomic E-state index is 11.2. The fourth-order valence-electron chi connectivity index (χ4n) is 1.17. The third-order valence-corrected chi connectivity index (χ3v) is 3.09. The second kappa shape index (κ2) is 5.66. The highest BCUT2D eigenvalue weighted by atomic mass is 32.2. The van der Waals surface area contributed by atoms with Crippen molar-refractivity contribution in [2.75, 3.05) is 18.0 Å². The summed E-state index contributed by atoms with van der Waals surface area (Å²) >= 11 is 1.47. The lowest BCUT2D eigenvalue weighted by molar-refractivity contribution is -0.118. The van der Waals surface area contributed by atoms with Gasteiger partial charge in [0, 0.05) is 17.1 Å². The van der Waals surface area contributed by atoms with E-state index in [1.807, 2.05) is 32.0 Å². The maximum Gasteiger partial charge on any atom is 0.230 e. The molecule has 1 rings (SSSR count). The number of rotatable bonds is 4. The Labute approximate surface area is 94.4 Å². The number of carbonyl (C=O) groups excluding carboxylic acids is 1. The lowest BCUT2D eigenvalue weighted by Crippen LogP contribution is -2.24. The molecule has 1 aromatic carbocycles. The van der Waals surface area contributed by atoms with Crippen LogP contribution in [0.1, 0.15) is 12.5 Å². The standard InChI is InChI=1S/C11H16N2OS/c1-3-13-10(14)7-15-9-6-4-5-8(2)11(9)12/h4-6H,3,7,12H2,1-2H3,(H,13,14). The van der Waals surface area contributed by atoms with E-state index < -0.39 is 0 Å². The quantitative estimate of drug-likeness (QED) is 0.606. The van der Waals surface area contributed by atoms with Crippen molar-refractivity contribution >= 4 is 23.4 Å². The predicted octanol–water partition coefficient (Wildman–Crippen LogP) is 1.81. The molecule has 3 N–H and O–H groups in total. The molecule has 0 heterocycles. The molecule has 82 valence electrons. The number of para-hydroxylation sites is 1. The first-order valence-electron chi connectivity index (χ1n) is 4.89. The Morgan fingerprint density at radius 2 is 2.27 bits per heavy atom. The molecule has 15 heavy (non-hydrogen) atoms. The summed E-state index contributed by atoms with van der Waals surface area (Å²) in [6.07, 6.45) is 0. The molecule has 3 nitrogen and oxygen atoms in total. The zero-order valence-corrected chi connectivity index (χ0v) is 9.86. The number of thioether (sulfide) groups is 1. The van der Waals surface area contributed by atoms with Gasteiger partial charge in [0.1, 0.15) is 0 Å². The first kappa shape index (κ1) is 11.9. The lowest BCUT2D eigenvalue weighted by Gasteiger charge is -2.07. The van der Waals surface area contributed by atoms with Crippen molar-refractivity contribution in [3.05, 3.63) is 23.8 Å². The highest BCUT2D eigenvalue weighted by Crippen LogP contribution is 2.26. The van der Waals surface area contributed by atoms with Crippen molar-refractivity contribution < 1.29 is 4.79 Å². The van der Waals surface area contributed by atoms with Crippen LogP contribution >= 0.6 is 11.8 Å². The van der Waals surface area contributed by atoms with Crippen LogP contribution in [0, 0.1) is 6.92 Å². The van der Waals surface area contributed by atoms with Gasteiger partial charge in [-0.3, -0.25) is 4.79 Å². The predicted molar refractivity (Wildman–Crippen MR) is 65.0 cm³/mol. The van der Waals surface area contributed by atoms with Crippen molar-refractivity contribution in [3.63, 3.8) is 0 Å². The summed E-state index contributed by atoms with van der Waals surface area (Å²) in [6.45, 7) is 4.54. The van der Waals surface area contributed by atoms with Crippen LogP contribution in [0.3, 0.4) is 0 Å². The van der Waals surface area contributed by atoms with E-state index in [0.29, 0.717) is 12.3 Å². The minimum Gasteiger partial charge on any atom is -0.398 e. The second-order valence-electron chi connectivity index (χ2n) is 3.23. The number of hydrogen-bond acceptors (Lipinski definition) is 3. The molecular weight excluding hydrogens is 208 g/mol. The fourth-order valence-corrected chi connectivity index (χ4v) is 2.05. The molecule has 0 bridgehead atoms. The molecule has 0 radical (unpaired) electrons. The van der Waals surface area contributed by atoms with Gasteiger partial charge in [0.05, 0.1) is 5.75 Å². The Balaban J connectivity index is 2.58. The normalized spacial score (nSPS) is 10.0. The summed E-state index contributed by atoms with van der Waals surface area (Å²) in [5.74, 6) is 0.463. The smallest absolute Gasteiger partial charge is 0.230 e. The lowest BCUT2D eigenvalue weighted by atomic mass is 10.2. The number of carbonyl (C=O) groups is 1. The molecule has 0 atom stereocenters. The van der Waals surface area contributed by atoms with Crippen molar-refractivity contribution in [1.82, 2.24) is 5.32 Å². The molecule has 0 aliphatic carbocycles. The van der Waals surface area contributed by atoms with Crippen molar-refractivity contribution in [1.29, 1.82) is 0 Å². The van der Waals surface area contributed by atoms with Crippen LogP contribution in [0.5, 0.6) is 0 Å². The van der Waals surface area contributed by atoms with Crippen LogP contribution in [-0.4, -0.2) is 18.2 Å². The van der Waals surface area contributed by atoms with Crippen LogP contribution < -0.4 is 11.1 Å². The number of nitrogen functional groups attached to an aromatic ring is 1. The minimum absolute atomic E-state index is 0.0448. The van der Waals surface area contributed by atoms with E-state index in [0.717, 1.165) is 16.1 Å². The third-order valence-electron chi connectivity index (χ3n) is 2.02. The van der Waals surface area contributed by atoms with E-state index in [9.17, 15) is 4.79 Å². The van der Waals surface area contributed by atoms with Gasteiger partial charge in [0.25, 0.3) is 0 Å². The van der Waals surface area contributed by atoms with Crippen LogP contribution in [-0.2, 0) is 4.79 Å². The number of nitrogens with one attached hydrogen (secondary N) is 1. The Morgan fingerprint density at radius 1 is 1.53 bits per heavy atom. The molecule has 0 aromatic heterocycles. The second-order valence-corrected chi connectivity index (χ2v) is 4.25. The summed E-state index contributed by atoms with van der Waals surface area (Å²) in [5.41, 5.74) is 7.71. The highest BCUT2D eigenvalue weighted by molar-refractivity contribution is 8.00. The molecular formula is C11H16N2OS. The fraction of sp³-hybridized carbons (Fsp3) is 0.364. The molecule has 0 aliphatic heterocycles. The van der Waals surface area contributed by atoms with Gasteiger partial charge in [-0.2, -0.15) is 0 Å². The molecule has 1 amide bonds. The van der Waals surface area contributed by atoms with Gasteiger partial charge in [-0.25, -0.2) is 0 Å². The number of anilines is 1. The van der Waals surface area contributed by atoms with Crippen LogP contribution in [0.4, 0.5) is 5.69 Å². The topological polar surface area (TPSA) is 55.1 Å². The number of hydrogen-bond donors (Lipinski definition) is 2. The van der Waals surface area contributed by atoms with E-state index in [-0.39, 0.29) is 5.91 Å². The van der Waals surface area contributed by atoms with Crippen molar-refractivity contribution in [2.24, 2.45) is 0 Å². The molecule has 0 unspecified atom stereocenters. The molecule has 0 aliphatic rings. The monoisotopic (exact) mass is 224 g/mol. The number of aryl methyl sites for hydroxylation is 1. The van der Waals surface area contributed by atoms with Gasteiger partial charge in [-0.1, -0.05) is 12.1 Å². The molecule has 0 spiro atoms. The Hall–Kier alpha value is -1.16. The minimum atomic E-state index is 0.0448. The average Bonchev–Trinajstić information content (AvgIpc) is 2.21. The first-order chi connectivity index (χ1) is 7.15. The molecule has 1 aromatic rings. The molecule has 4 heteroatoms. The molecule has 0 saturated heterocycles. The molecule has 0 fully saturated rings.